The normalized spacial score (nSPS) is 17.2. The summed E-state index contributed by atoms with van der Waals surface area (Å²) in [5.74, 6) is 1.69. The molecule has 1 aromatic rings. The molecule has 1 fully saturated rings. The summed E-state index contributed by atoms with van der Waals surface area (Å²) in [4.78, 5) is 12.1. The Kier molecular flexibility index (Phi) is 5.46. The highest BCUT2D eigenvalue weighted by Gasteiger charge is 2.29. The summed E-state index contributed by atoms with van der Waals surface area (Å²) in [6, 6.07) is 6.24. The monoisotopic (exact) mass is 304 g/mol. The van der Waals surface area contributed by atoms with Crippen LogP contribution in [0.5, 0.6) is 5.75 Å². The summed E-state index contributed by atoms with van der Waals surface area (Å²) in [6.07, 6.45) is 1.85. The van der Waals surface area contributed by atoms with Gasteiger partial charge in [0.25, 0.3) is 5.91 Å². The van der Waals surface area contributed by atoms with Crippen molar-refractivity contribution in [3.8, 4) is 5.75 Å². The van der Waals surface area contributed by atoms with Crippen LogP contribution in [-0.2, 0) is 4.79 Å². The van der Waals surface area contributed by atoms with Gasteiger partial charge in [0.15, 0.2) is 6.10 Å². The van der Waals surface area contributed by atoms with Gasteiger partial charge in [0, 0.05) is 12.6 Å². The third-order valence-electron chi connectivity index (χ3n) is 4.29. The van der Waals surface area contributed by atoms with E-state index in [1.54, 1.807) is 6.92 Å². The summed E-state index contributed by atoms with van der Waals surface area (Å²) in [5.41, 5.74) is 8.25. The zero-order chi connectivity index (χ0) is 16.3. The molecule has 1 saturated carbocycles. The second-order valence-electron chi connectivity index (χ2n) is 6.69. The standard InChI is InChI=1S/C18H28N2O2/c1-11(2)15-6-5-12(3)17(9-15)22-13(4)18(21)20-10-16(19)14-7-8-14/h5-6,9,11,13-14,16H,7-8,10,19H2,1-4H3,(H,20,21). The molecule has 0 aromatic heterocycles. The van der Waals surface area contributed by atoms with Gasteiger partial charge in [0.05, 0.1) is 0 Å². The topological polar surface area (TPSA) is 64.3 Å². The van der Waals surface area contributed by atoms with Crippen molar-refractivity contribution < 1.29 is 9.53 Å². The van der Waals surface area contributed by atoms with Gasteiger partial charge in [-0.1, -0.05) is 26.0 Å². The maximum absolute atomic E-state index is 12.1. The number of hydrogen-bond donors (Lipinski definition) is 2. The third-order valence-corrected chi connectivity index (χ3v) is 4.29. The van der Waals surface area contributed by atoms with Crippen molar-refractivity contribution in [1.29, 1.82) is 0 Å². The van der Waals surface area contributed by atoms with Gasteiger partial charge in [-0.2, -0.15) is 0 Å². The molecule has 22 heavy (non-hydrogen) atoms. The van der Waals surface area contributed by atoms with Crippen LogP contribution in [0, 0.1) is 12.8 Å². The Hall–Kier alpha value is -1.55. The lowest BCUT2D eigenvalue weighted by molar-refractivity contribution is -0.127. The molecule has 0 spiro atoms. The van der Waals surface area contributed by atoms with E-state index in [4.69, 9.17) is 10.5 Å². The van der Waals surface area contributed by atoms with Crippen molar-refractivity contribution in [2.24, 2.45) is 11.7 Å². The highest BCUT2D eigenvalue weighted by molar-refractivity contribution is 5.80. The zero-order valence-electron chi connectivity index (χ0n) is 14.1. The quantitative estimate of drug-likeness (QED) is 0.814. The maximum Gasteiger partial charge on any atom is 0.260 e. The fraction of sp³-hybridized carbons (Fsp3) is 0.611. The van der Waals surface area contributed by atoms with Crippen LogP contribution in [-0.4, -0.2) is 24.6 Å². The van der Waals surface area contributed by atoms with Gasteiger partial charge in [0.2, 0.25) is 0 Å². The van der Waals surface area contributed by atoms with E-state index in [0.717, 1.165) is 11.3 Å². The number of benzene rings is 1. The van der Waals surface area contributed by atoms with Gasteiger partial charge in [-0.05, 0) is 55.7 Å². The van der Waals surface area contributed by atoms with Crippen molar-refractivity contribution in [2.75, 3.05) is 6.54 Å². The molecule has 122 valence electrons. The zero-order valence-corrected chi connectivity index (χ0v) is 14.1. The molecule has 0 aliphatic heterocycles. The fourth-order valence-corrected chi connectivity index (χ4v) is 2.40. The number of hydrogen-bond acceptors (Lipinski definition) is 3. The lowest BCUT2D eigenvalue weighted by atomic mass is 10.0. The minimum Gasteiger partial charge on any atom is -0.481 e. The van der Waals surface area contributed by atoms with Gasteiger partial charge in [-0.25, -0.2) is 0 Å². The SMILES string of the molecule is Cc1ccc(C(C)C)cc1OC(C)C(=O)NCC(N)C1CC1. The summed E-state index contributed by atoms with van der Waals surface area (Å²) in [6.45, 7) is 8.59. The molecule has 2 atom stereocenters. The van der Waals surface area contributed by atoms with Crippen molar-refractivity contribution in [3.63, 3.8) is 0 Å². The number of carbonyl (C=O) groups is 1. The van der Waals surface area contributed by atoms with Gasteiger partial charge < -0.3 is 15.8 Å². The Morgan fingerprint density at radius 2 is 2.05 bits per heavy atom. The smallest absolute Gasteiger partial charge is 0.260 e. The number of nitrogens with one attached hydrogen (secondary N) is 1. The molecular formula is C18H28N2O2. The molecule has 2 rings (SSSR count). The first-order chi connectivity index (χ1) is 10.4. The van der Waals surface area contributed by atoms with E-state index >= 15 is 0 Å². The number of ether oxygens (including phenoxy) is 1. The van der Waals surface area contributed by atoms with Crippen LogP contribution < -0.4 is 15.8 Å². The van der Waals surface area contributed by atoms with Crippen LogP contribution >= 0.6 is 0 Å². The molecule has 1 aromatic carbocycles. The second-order valence-corrected chi connectivity index (χ2v) is 6.69. The first kappa shape index (κ1) is 16.8. The lowest BCUT2D eigenvalue weighted by Gasteiger charge is -2.19. The van der Waals surface area contributed by atoms with Gasteiger partial charge in [-0.3, -0.25) is 4.79 Å². The second kappa shape index (κ2) is 7.14. The predicted molar refractivity (Wildman–Crippen MR) is 89.1 cm³/mol. The molecule has 0 saturated heterocycles. The number of amides is 1. The van der Waals surface area contributed by atoms with E-state index in [9.17, 15) is 4.79 Å². The molecule has 1 amide bonds. The molecule has 4 heteroatoms. The molecule has 4 nitrogen and oxygen atoms in total. The van der Waals surface area contributed by atoms with E-state index in [1.165, 1.54) is 18.4 Å². The van der Waals surface area contributed by atoms with E-state index in [0.29, 0.717) is 18.4 Å². The maximum atomic E-state index is 12.1. The van der Waals surface area contributed by atoms with E-state index in [1.807, 2.05) is 19.1 Å². The number of rotatable bonds is 7. The minimum atomic E-state index is -0.521. The van der Waals surface area contributed by atoms with Crippen LogP contribution in [0.15, 0.2) is 18.2 Å². The van der Waals surface area contributed by atoms with Gasteiger partial charge in [-0.15, -0.1) is 0 Å². The molecule has 0 heterocycles. The average molecular weight is 304 g/mol. The number of carbonyl (C=O) groups excluding carboxylic acids is 1. The summed E-state index contributed by atoms with van der Waals surface area (Å²) < 4.78 is 5.85. The number of aryl methyl sites for hydroxylation is 1. The Morgan fingerprint density at radius 3 is 2.64 bits per heavy atom. The van der Waals surface area contributed by atoms with Gasteiger partial charge in [0.1, 0.15) is 5.75 Å². The molecule has 1 aliphatic carbocycles. The highest BCUT2D eigenvalue weighted by atomic mass is 16.5. The van der Waals surface area contributed by atoms with E-state index in [-0.39, 0.29) is 11.9 Å². The molecule has 1 aliphatic rings. The first-order valence-electron chi connectivity index (χ1n) is 8.19. The van der Waals surface area contributed by atoms with Crippen molar-refractivity contribution in [1.82, 2.24) is 5.32 Å². The first-order valence-corrected chi connectivity index (χ1v) is 8.19. The van der Waals surface area contributed by atoms with Crippen LogP contribution in [0.2, 0.25) is 0 Å². The third kappa shape index (κ3) is 4.47. The Labute approximate surface area is 133 Å². The fourth-order valence-electron chi connectivity index (χ4n) is 2.40. The largest absolute Gasteiger partial charge is 0.481 e. The molecule has 3 N–H and O–H groups in total. The van der Waals surface area contributed by atoms with E-state index in [2.05, 4.69) is 25.2 Å². The minimum absolute atomic E-state index is 0.0714. The van der Waals surface area contributed by atoms with Crippen molar-refractivity contribution >= 4 is 5.91 Å². The average Bonchev–Trinajstić information content (AvgIpc) is 3.30. The van der Waals surface area contributed by atoms with E-state index < -0.39 is 6.10 Å². The van der Waals surface area contributed by atoms with Crippen LogP contribution in [0.25, 0.3) is 0 Å². The summed E-state index contributed by atoms with van der Waals surface area (Å²) >= 11 is 0. The van der Waals surface area contributed by atoms with Crippen molar-refractivity contribution in [3.05, 3.63) is 29.3 Å². The summed E-state index contributed by atoms with van der Waals surface area (Å²) in [5, 5.41) is 2.89. The highest BCUT2D eigenvalue weighted by Crippen LogP contribution is 2.31. The predicted octanol–water partition coefficient (Wildman–Crippen LogP) is 2.74. The number of nitrogens with two attached hydrogens (primary N) is 1. The summed E-state index contributed by atoms with van der Waals surface area (Å²) in [7, 11) is 0. The molecule has 0 bridgehead atoms. The van der Waals surface area contributed by atoms with Crippen LogP contribution in [0.3, 0.4) is 0 Å². The Morgan fingerprint density at radius 1 is 1.36 bits per heavy atom. The molecule has 0 radical (unpaired) electrons. The Balaban J connectivity index is 1.91. The molecular weight excluding hydrogens is 276 g/mol. The van der Waals surface area contributed by atoms with Crippen LogP contribution in [0.1, 0.15) is 50.7 Å². The van der Waals surface area contributed by atoms with Crippen LogP contribution in [0.4, 0.5) is 0 Å². The molecule has 2 unspecified atom stereocenters. The Bertz CT molecular complexity index is 524. The van der Waals surface area contributed by atoms with Crippen molar-refractivity contribution in [2.45, 2.75) is 58.6 Å². The van der Waals surface area contributed by atoms with Gasteiger partial charge >= 0.3 is 0 Å². The lowest BCUT2D eigenvalue weighted by Crippen LogP contribution is -2.43.